The highest BCUT2D eigenvalue weighted by Gasteiger charge is 2.75. The summed E-state index contributed by atoms with van der Waals surface area (Å²) in [5.74, 6) is -2.12. The van der Waals surface area contributed by atoms with Gasteiger partial charge in [-0.3, -0.25) is 9.59 Å². The maximum absolute atomic E-state index is 16.9. The number of halogens is 1. The van der Waals surface area contributed by atoms with E-state index in [2.05, 4.69) is 0 Å². The third-order valence-corrected chi connectivity index (χ3v) is 8.79. The summed E-state index contributed by atoms with van der Waals surface area (Å²) in [7, 11) is 0. The summed E-state index contributed by atoms with van der Waals surface area (Å²) in [6, 6.07) is 0. The van der Waals surface area contributed by atoms with Crippen LogP contribution in [-0.4, -0.2) is 50.9 Å². The van der Waals surface area contributed by atoms with E-state index in [-0.39, 0.29) is 18.1 Å². The molecular formula is C22H29FO5. The molecule has 6 heteroatoms. The van der Waals surface area contributed by atoms with Crippen LogP contribution in [0.2, 0.25) is 0 Å². The number of carbonyl (C=O) groups excluding carboxylic acids is 2. The van der Waals surface area contributed by atoms with Crippen LogP contribution in [0.1, 0.15) is 46.5 Å². The van der Waals surface area contributed by atoms with Gasteiger partial charge in [0, 0.05) is 16.7 Å². The minimum absolute atomic E-state index is 0.0676. The van der Waals surface area contributed by atoms with Gasteiger partial charge in [-0.15, -0.1) is 0 Å². The van der Waals surface area contributed by atoms with Crippen LogP contribution in [0.25, 0.3) is 0 Å². The highest BCUT2D eigenvalue weighted by molar-refractivity contribution is 6.01. The summed E-state index contributed by atoms with van der Waals surface area (Å²) >= 11 is 0. The summed E-state index contributed by atoms with van der Waals surface area (Å²) in [6.07, 6.45) is 4.44. The zero-order valence-corrected chi connectivity index (χ0v) is 16.6. The van der Waals surface area contributed by atoms with Crippen LogP contribution < -0.4 is 0 Å². The predicted octanol–water partition coefficient (Wildman–Crippen LogP) is 1.90. The molecule has 0 unspecified atom stereocenters. The molecule has 0 bridgehead atoms. The topological polar surface area (TPSA) is 94.8 Å². The molecule has 0 aliphatic heterocycles. The Balaban J connectivity index is 1.84. The maximum atomic E-state index is 16.9. The summed E-state index contributed by atoms with van der Waals surface area (Å²) in [5.41, 5.74) is -5.17. The molecule has 0 spiro atoms. The van der Waals surface area contributed by atoms with Crippen LogP contribution in [0.4, 0.5) is 4.39 Å². The van der Waals surface area contributed by atoms with Gasteiger partial charge in [0.25, 0.3) is 0 Å². The Morgan fingerprint density at radius 2 is 2.00 bits per heavy atom. The van der Waals surface area contributed by atoms with Crippen molar-refractivity contribution in [3.8, 4) is 0 Å². The highest BCUT2D eigenvalue weighted by atomic mass is 19.1. The zero-order chi connectivity index (χ0) is 20.7. The molecule has 3 N–H and O–H groups in total. The fourth-order valence-corrected chi connectivity index (χ4v) is 7.26. The first-order valence-corrected chi connectivity index (χ1v) is 10.1. The minimum Gasteiger partial charge on any atom is -0.390 e. The van der Waals surface area contributed by atoms with Gasteiger partial charge in [0.1, 0.15) is 12.2 Å². The number of ketones is 2. The number of aliphatic hydroxyl groups is 3. The lowest BCUT2D eigenvalue weighted by Crippen LogP contribution is -2.69. The van der Waals surface area contributed by atoms with Gasteiger partial charge in [-0.2, -0.15) is 0 Å². The van der Waals surface area contributed by atoms with Crippen molar-refractivity contribution in [3.05, 3.63) is 23.8 Å². The van der Waals surface area contributed by atoms with Gasteiger partial charge < -0.3 is 15.3 Å². The second-order valence-corrected chi connectivity index (χ2v) is 9.75. The van der Waals surface area contributed by atoms with Crippen molar-refractivity contribution in [2.45, 2.75) is 63.8 Å². The molecule has 0 saturated heterocycles. The van der Waals surface area contributed by atoms with Gasteiger partial charge in [-0.05, 0) is 56.6 Å². The van der Waals surface area contributed by atoms with Crippen LogP contribution >= 0.6 is 0 Å². The number of Topliss-reactive ketones (excluding diaryl/α,β-unsaturated/α-hetero) is 1. The Labute approximate surface area is 164 Å². The molecule has 0 aromatic heterocycles. The summed E-state index contributed by atoms with van der Waals surface area (Å²) < 4.78 is 16.9. The smallest absolute Gasteiger partial charge is 0.190 e. The first-order chi connectivity index (χ1) is 13.0. The van der Waals surface area contributed by atoms with Gasteiger partial charge >= 0.3 is 0 Å². The van der Waals surface area contributed by atoms with Gasteiger partial charge in [0.05, 0.1) is 6.10 Å². The van der Waals surface area contributed by atoms with Crippen LogP contribution in [-0.2, 0) is 9.59 Å². The molecule has 154 valence electrons. The van der Waals surface area contributed by atoms with E-state index in [0.29, 0.717) is 24.8 Å². The van der Waals surface area contributed by atoms with E-state index in [0.717, 1.165) is 0 Å². The van der Waals surface area contributed by atoms with E-state index >= 15 is 4.39 Å². The fourth-order valence-electron chi connectivity index (χ4n) is 7.26. The second kappa shape index (κ2) is 5.83. The Morgan fingerprint density at radius 1 is 1.32 bits per heavy atom. The summed E-state index contributed by atoms with van der Waals surface area (Å²) in [4.78, 5) is 24.4. The molecule has 0 aromatic rings. The zero-order valence-electron chi connectivity index (χ0n) is 16.6. The van der Waals surface area contributed by atoms with Crippen LogP contribution in [0.5, 0.6) is 0 Å². The number of hydrogen-bond donors (Lipinski definition) is 3. The SMILES string of the molecule is C[C@H]1C[C@@H]2[C@@H]3CCC4=CC(=O)C=C[C@]4(C)[C@@]3(F)[C@@H](O)C[C@]2(C)[C@@]1(O)C(=O)CO. The van der Waals surface area contributed by atoms with Gasteiger partial charge in [-0.1, -0.05) is 25.5 Å². The lowest BCUT2D eigenvalue weighted by atomic mass is 9.44. The molecule has 8 atom stereocenters. The van der Waals surface area contributed by atoms with Crippen LogP contribution in [0.3, 0.4) is 0 Å². The first-order valence-electron chi connectivity index (χ1n) is 10.1. The van der Waals surface area contributed by atoms with E-state index in [1.54, 1.807) is 26.8 Å². The van der Waals surface area contributed by atoms with Crippen LogP contribution in [0, 0.1) is 28.6 Å². The molecule has 4 rings (SSSR count). The average Bonchev–Trinajstić information content (AvgIpc) is 2.84. The summed E-state index contributed by atoms with van der Waals surface area (Å²) in [6.45, 7) is 4.48. The number of rotatable bonds is 2. The second-order valence-electron chi connectivity index (χ2n) is 9.75. The average molecular weight is 392 g/mol. The standard InChI is InChI=1S/C22H29FO5/c1-12-8-16-15-5-4-13-9-14(25)6-7-19(13,2)21(15,23)17(26)10-20(16,3)22(12,28)18(27)11-24/h6-7,9,12,15-17,24,26,28H,4-5,8,10-11H2,1-3H3/t12-,15-,16+,17-,19-,20-,21-,22-/m0/s1. The molecule has 0 radical (unpaired) electrons. The number of fused-ring (bicyclic) bond motifs is 5. The van der Waals surface area contributed by atoms with Crippen molar-refractivity contribution in [1.82, 2.24) is 0 Å². The van der Waals surface area contributed by atoms with E-state index in [4.69, 9.17) is 0 Å². The molecule has 0 aromatic carbocycles. The molecule has 3 fully saturated rings. The third-order valence-electron chi connectivity index (χ3n) is 8.79. The van der Waals surface area contributed by atoms with Gasteiger partial charge in [0.2, 0.25) is 0 Å². The van der Waals surface area contributed by atoms with E-state index in [1.165, 1.54) is 12.2 Å². The highest BCUT2D eigenvalue weighted by Crippen LogP contribution is 2.70. The lowest BCUT2D eigenvalue weighted by Gasteiger charge is -2.62. The molecule has 28 heavy (non-hydrogen) atoms. The largest absolute Gasteiger partial charge is 0.390 e. The first kappa shape index (κ1) is 19.9. The number of carbonyl (C=O) groups is 2. The number of hydrogen-bond acceptors (Lipinski definition) is 5. The Morgan fingerprint density at radius 3 is 2.64 bits per heavy atom. The van der Waals surface area contributed by atoms with Crippen molar-refractivity contribution in [2.24, 2.45) is 28.6 Å². The van der Waals surface area contributed by atoms with Crippen molar-refractivity contribution in [2.75, 3.05) is 6.61 Å². The lowest BCUT2D eigenvalue weighted by molar-refractivity contribution is -0.219. The molecular weight excluding hydrogens is 363 g/mol. The van der Waals surface area contributed by atoms with Gasteiger partial charge in [-0.25, -0.2) is 4.39 Å². The monoisotopic (exact) mass is 392 g/mol. The molecule has 0 amide bonds. The van der Waals surface area contributed by atoms with Crippen molar-refractivity contribution in [3.63, 3.8) is 0 Å². The molecule has 4 aliphatic carbocycles. The predicted molar refractivity (Wildman–Crippen MR) is 99.9 cm³/mol. The molecule has 4 aliphatic rings. The quantitative estimate of drug-likeness (QED) is 0.667. The van der Waals surface area contributed by atoms with E-state index in [1.807, 2.05) is 0 Å². The fraction of sp³-hybridized carbons (Fsp3) is 0.727. The number of alkyl halides is 1. The van der Waals surface area contributed by atoms with E-state index < -0.39 is 52.4 Å². The summed E-state index contributed by atoms with van der Waals surface area (Å²) in [5, 5.41) is 32.0. The minimum atomic E-state index is -1.98. The Kier molecular flexibility index (Phi) is 4.15. The van der Waals surface area contributed by atoms with Crippen molar-refractivity contribution < 1.29 is 29.3 Å². The molecule has 0 heterocycles. The number of aliphatic hydroxyl groups excluding tert-OH is 2. The Bertz CT molecular complexity index is 805. The molecule has 3 saturated carbocycles. The normalized spacial score (nSPS) is 52.5. The van der Waals surface area contributed by atoms with Crippen molar-refractivity contribution in [1.29, 1.82) is 0 Å². The third kappa shape index (κ3) is 2.01. The van der Waals surface area contributed by atoms with Gasteiger partial charge in [0.15, 0.2) is 17.2 Å². The van der Waals surface area contributed by atoms with Crippen molar-refractivity contribution >= 4 is 11.6 Å². The number of allylic oxidation sites excluding steroid dienone is 4. The Hall–Kier alpha value is -1.37. The van der Waals surface area contributed by atoms with Crippen LogP contribution in [0.15, 0.2) is 23.8 Å². The molecule has 5 nitrogen and oxygen atoms in total. The maximum Gasteiger partial charge on any atom is 0.190 e. The van der Waals surface area contributed by atoms with E-state index in [9.17, 15) is 24.9 Å².